The Morgan fingerprint density at radius 3 is 2.46 bits per heavy atom. The van der Waals surface area contributed by atoms with Crippen molar-refractivity contribution >= 4 is 11.6 Å². The molecule has 1 amide bonds. The summed E-state index contributed by atoms with van der Waals surface area (Å²) >= 11 is 0. The summed E-state index contributed by atoms with van der Waals surface area (Å²) < 4.78 is 0. The van der Waals surface area contributed by atoms with E-state index in [-0.39, 0.29) is 12.5 Å². The molecule has 0 aliphatic heterocycles. The Morgan fingerprint density at radius 2 is 2.00 bits per heavy atom. The number of hydrogen-bond donors (Lipinski definition) is 2. The van der Waals surface area contributed by atoms with Gasteiger partial charge in [0, 0.05) is 19.2 Å². The van der Waals surface area contributed by atoms with Crippen molar-refractivity contribution in [2.24, 2.45) is 0 Å². The van der Waals surface area contributed by atoms with Crippen LogP contribution in [0, 0.1) is 0 Å². The van der Waals surface area contributed by atoms with Gasteiger partial charge in [0.15, 0.2) is 0 Å². The van der Waals surface area contributed by atoms with Crippen molar-refractivity contribution < 1.29 is 9.90 Å². The van der Waals surface area contributed by atoms with E-state index in [4.69, 9.17) is 5.11 Å². The van der Waals surface area contributed by atoms with Gasteiger partial charge < -0.3 is 10.4 Å². The van der Waals surface area contributed by atoms with E-state index in [0.29, 0.717) is 6.42 Å². The van der Waals surface area contributed by atoms with Gasteiger partial charge in [-0.3, -0.25) is 4.79 Å². The van der Waals surface area contributed by atoms with Crippen LogP contribution >= 0.6 is 0 Å². The smallest absolute Gasteiger partial charge is 0.221 e. The Kier molecular flexibility index (Phi) is 3.46. The van der Waals surface area contributed by atoms with Crippen LogP contribution < -0.4 is 5.32 Å². The van der Waals surface area contributed by atoms with Crippen LogP contribution in [-0.4, -0.2) is 17.6 Å². The van der Waals surface area contributed by atoms with Crippen molar-refractivity contribution in [1.29, 1.82) is 0 Å². The van der Waals surface area contributed by atoms with Crippen LogP contribution in [0.25, 0.3) is 0 Å². The van der Waals surface area contributed by atoms with Crippen LogP contribution in [0.3, 0.4) is 0 Å². The highest BCUT2D eigenvalue weighted by Crippen LogP contribution is 2.09. The van der Waals surface area contributed by atoms with Gasteiger partial charge in [0.1, 0.15) is 0 Å². The molecule has 70 valence electrons. The van der Waals surface area contributed by atoms with Gasteiger partial charge in [0.25, 0.3) is 0 Å². The summed E-state index contributed by atoms with van der Waals surface area (Å²) in [5.41, 5.74) is 1.85. The molecule has 0 aromatic heterocycles. The summed E-state index contributed by atoms with van der Waals surface area (Å²) in [5, 5.41) is 11.3. The lowest BCUT2D eigenvalue weighted by Crippen LogP contribution is -2.05. The highest BCUT2D eigenvalue weighted by molar-refractivity contribution is 5.88. The van der Waals surface area contributed by atoms with Gasteiger partial charge in [-0.05, 0) is 24.1 Å². The van der Waals surface area contributed by atoms with Crippen LogP contribution in [-0.2, 0) is 11.2 Å². The molecule has 2 N–H and O–H groups in total. The predicted molar refractivity (Wildman–Crippen MR) is 51.5 cm³/mol. The van der Waals surface area contributed by atoms with E-state index in [2.05, 4.69) is 5.32 Å². The Bertz CT molecular complexity index is 279. The molecule has 0 heterocycles. The molecule has 0 unspecified atom stereocenters. The van der Waals surface area contributed by atoms with Gasteiger partial charge in [-0.2, -0.15) is 0 Å². The number of hydrogen-bond acceptors (Lipinski definition) is 2. The normalized spacial score (nSPS) is 9.69. The van der Waals surface area contributed by atoms with Crippen molar-refractivity contribution in [1.82, 2.24) is 0 Å². The second-order valence-corrected chi connectivity index (χ2v) is 2.85. The topological polar surface area (TPSA) is 49.3 Å². The number of benzene rings is 1. The predicted octanol–water partition coefficient (Wildman–Crippen LogP) is 1.18. The molecule has 0 spiro atoms. The molecule has 1 rings (SSSR count). The van der Waals surface area contributed by atoms with E-state index < -0.39 is 0 Å². The van der Waals surface area contributed by atoms with E-state index in [1.807, 2.05) is 24.3 Å². The lowest BCUT2D eigenvalue weighted by atomic mass is 10.1. The molecule has 3 heteroatoms. The van der Waals surface area contributed by atoms with Crippen LogP contribution in [0.1, 0.15) is 12.5 Å². The third-order valence-electron chi connectivity index (χ3n) is 1.67. The van der Waals surface area contributed by atoms with Gasteiger partial charge in [0.05, 0.1) is 0 Å². The fourth-order valence-corrected chi connectivity index (χ4v) is 1.09. The molecule has 1 aromatic carbocycles. The minimum atomic E-state index is -0.0742. The van der Waals surface area contributed by atoms with E-state index >= 15 is 0 Å². The number of rotatable bonds is 3. The standard InChI is InChI=1S/C10H13NO2/c1-8(13)11-10-4-2-9(3-5-10)6-7-12/h2-5,12H,6-7H2,1H3,(H,11,13). The van der Waals surface area contributed by atoms with Crippen molar-refractivity contribution in [2.75, 3.05) is 11.9 Å². The number of nitrogens with one attached hydrogen (secondary N) is 1. The summed E-state index contributed by atoms with van der Waals surface area (Å²) in [7, 11) is 0. The Morgan fingerprint density at radius 1 is 1.38 bits per heavy atom. The first-order valence-electron chi connectivity index (χ1n) is 4.20. The van der Waals surface area contributed by atoms with Gasteiger partial charge >= 0.3 is 0 Å². The molecule has 0 radical (unpaired) electrons. The van der Waals surface area contributed by atoms with Crippen molar-refractivity contribution in [3.05, 3.63) is 29.8 Å². The number of amides is 1. The molecule has 1 aromatic rings. The number of aliphatic hydroxyl groups excluding tert-OH is 1. The molecule has 13 heavy (non-hydrogen) atoms. The zero-order chi connectivity index (χ0) is 9.68. The maximum absolute atomic E-state index is 10.7. The number of carbonyl (C=O) groups is 1. The van der Waals surface area contributed by atoms with Crippen LogP contribution in [0.5, 0.6) is 0 Å². The first-order valence-corrected chi connectivity index (χ1v) is 4.20. The highest BCUT2D eigenvalue weighted by atomic mass is 16.2. The molecule has 0 aliphatic carbocycles. The third-order valence-corrected chi connectivity index (χ3v) is 1.67. The van der Waals surface area contributed by atoms with Gasteiger partial charge in [0.2, 0.25) is 5.91 Å². The Hall–Kier alpha value is -1.35. The van der Waals surface area contributed by atoms with Crippen molar-refractivity contribution in [2.45, 2.75) is 13.3 Å². The van der Waals surface area contributed by atoms with E-state index in [9.17, 15) is 4.79 Å². The van der Waals surface area contributed by atoms with E-state index in [1.165, 1.54) is 6.92 Å². The summed E-state index contributed by atoms with van der Waals surface area (Å²) in [6, 6.07) is 7.43. The van der Waals surface area contributed by atoms with E-state index in [0.717, 1.165) is 11.3 Å². The lowest BCUT2D eigenvalue weighted by molar-refractivity contribution is -0.114. The van der Waals surface area contributed by atoms with E-state index in [1.54, 1.807) is 0 Å². The second kappa shape index (κ2) is 4.62. The third kappa shape index (κ3) is 3.25. The molecule has 3 nitrogen and oxygen atoms in total. The number of carbonyl (C=O) groups excluding carboxylic acids is 1. The van der Waals surface area contributed by atoms with Gasteiger partial charge in [-0.15, -0.1) is 0 Å². The molecule has 0 saturated heterocycles. The van der Waals surface area contributed by atoms with Crippen LogP contribution in [0.4, 0.5) is 5.69 Å². The molecular weight excluding hydrogens is 166 g/mol. The quantitative estimate of drug-likeness (QED) is 0.732. The van der Waals surface area contributed by atoms with Gasteiger partial charge in [-0.25, -0.2) is 0 Å². The molecule has 0 aliphatic rings. The van der Waals surface area contributed by atoms with Gasteiger partial charge in [-0.1, -0.05) is 12.1 Å². The average molecular weight is 179 g/mol. The Balaban J connectivity index is 2.64. The summed E-state index contributed by atoms with van der Waals surface area (Å²) in [5.74, 6) is -0.0742. The minimum absolute atomic E-state index is 0.0742. The largest absolute Gasteiger partial charge is 0.396 e. The fraction of sp³-hybridized carbons (Fsp3) is 0.300. The first-order chi connectivity index (χ1) is 6.22. The highest BCUT2D eigenvalue weighted by Gasteiger charge is 1.95. The summed E-state index contributed by atoms with van der Waals surface area (Å²) in [4.78, 5) is 10.7. The molecule has 0 atom stereocenters. The van der Waals surface area contributed by atoms with Crippen LogP contribution in [0.2, 0.25) is 0 Å². The molecular formula is C10H13NO2. The van der Waals surface area contributed by atoms with Crippen LogP contribution in [0.15, 0.2) is 24.3 Å². The molecule has 0 bridgehead atoms. The summed E-state index contributed by atoms with van der Waals surface area (Å²) in [6.07, 6.45) is 0.653. The van der Waals surface area contributed by atoms with Crippen molar-refractivity contribution in [3.63, 3.8) is 0 Å². The fourth-order valence-electron chi connectivity index (χ4n) is 1.09. The monoisotopic (exact) mass is 179 g/mol. The molecule has 0 fully saturated rings. The SMILES string of the molecule is CC(=O)Nc1ccc(CCO)cc1. The Labute approximate surface area is 77.4 Å². The zero-order valence-electron chi connectivity index (χ0n) is 7.58. The minimum Gasteiger partial charge on any atom is -0.396 e. The lowest BCUT2D eigenvalue weighted by Gasteiger charge is -2.02. The summed E-state index contributed by atoms with van der Waals surface area (Å²) in [6.45, 7) is 1.63. The zero-order valence-corrected chi connectivity index (χ0v) is 7.58. The van der Waals surface area contributed by atoms with Crippen molar-refractivity contribution in [3.8, 4) is 0 Å². The average Bonchev–Trinajstić information content (AvgIpc) is 2.08. The maximum atomic E-state index is 10.7. The first kappa shape index (κ1) is 9.74. The maximum Gasteiger partial charge on any atom is 0.221 e. The number of anilines is 1. The second-order valence-electron chi connectivity index (χ2n) is 2.85. The number of aliphatic hydroxyl groups is 1. The molecule has 0 saturated carbocycles.